The fourth-order valence-corrected chi connectivity index (χ4v) is 1.36. The van der Waals surface area contributed by atoms with Gasteiger partial charge in [0.05, 0.1) is 7.11 Å². The zero-order valence-electron chi connectivity index (χ0n) is 9.80. The first-order chi connectivity index (χ1) is 7.17. The standard InChI is InChI=1S/C12H19NO2/c1-4-5-6-7-8-10(2)11(9-13)12(14)15-3/h4-8H2,1-3H3/b11-10-. The Labute approximate surface area is 91.7 Å². The van der Waals surface area contributed by atoms with Crippen molar-refractivity contribution in [3.8, 4) is 6.07 Å². The highest BCUT2D eigenvalue weighted by Crippen LogP contribution is 2.14. The molecule has 0 aliphatic carbocycles. The number of nitrogens with zero attached hydrogens (tertiary/aromatic N) is 1. The van der Waals surface area contributed by atoms with Gasteiger partial charge in [0.25, 0.3) is 0 Å². The van der Waals surface area contributed by atoms with E-state index in [4.69, 9.17) is 5.26 Å². The van der Waals surface area contributed by atoms with Crippen molar-refractivity contribution in [2.24, 2.45) is 0 Å². The Morgan fingerprint density at radius 3 is 2.47 bits per heavy atom. The van der Waals surface area contributed by atoms with Gasteiger partial charge in [0.1, 0.15) is 11.6 Å². The Hall–Kier alpha value is -1.30. The summed E-state index contributed by atoms with van der Waals surface area (Å²) in [6.45, 7) is 3.97. The van der Waals surface area contributed by atoms with E-state index in [1.54, 1.807) is 0 Å². The highest BCUT2D eigenvalue weighted by Gasteiger charge is 2.11. The average Bonchev–Trinajstić information content (AvgIpc) is 2.25. The lowest BCUT2D eigenvalue weighted by Gasteiger charge is -2.03. The van der Waals surface area contributed by atoms with Crippen LogP contribution in [0.5, 0.6) is 0 Å². The third-order valence-electron chi connectivity index (χ3n) is 2.33. The molecule has 0 aliphatic heterocycles. The first-order valence-corrected chi connectivity index (χ1v) is 5.35. The van der Waals surface area contributed by atoms with E-state index >= 15 is 0 Å². The molecule has 0 aromatic carbocycles. The van der Waals surface area contributed by atoms with Gasteiger partial charge < -0.3 is 4.74 Å². The predicted octanol–water partition coefficient (Wildman–Crippen LogP) is 2.97. The summed E-state index contributed by atoms with van der Waals surface area (Å²) in [5.41, 5.74) is 0.995. The second-order valence-electron chi connectivity index (χ2n) is 3.57. The van der Waals surface area contributed by atoms with Gasteiger partial charge in [0.2, 0.25) is 0 Å². The van der Waals surface area contributed by atoms with Crippen molar-refractivity contribution in [3.05, 3.63) is 11.1 Å². The Morgan fingerprint density at radius 2 is 2.00 bits per heavy atom. The van der Waals surface area contributed by atoms with Gasteiger partial charge in [-0.15, -0.1) is 0 Å². The minimum atomic E-state index is -0.523. The number of allylic oxidation sites excluding steroid dienone is 1. The van der Waals surface area contributed by atoms with Gasteiger partial charge in [-0.1, -0.05) is 26.2 Å². The molecule has 3 nitrogen and oxygen atoms in total. The Balaban J connectivity index is 4.23. The molecule has 0 spiro atoms. The normalized spacial score (nSPS) is 11.6. The van der Waals surface area contributed by atoms with Crippen molar-refractivity contribution in [1.29, 1.82) is 5.26 Å². The van der Waals surface area contributed by atoms with E-state index in [0.717, 1.165) is 24.8 Å². The molecule has 0 bridgehead atoms. The van der Waals surface area contributed by atoms with Crippen LogP contribution in [0.25, 0.3) is 0 Å². The number of carbonyl (C=O) groups excluding carboxylic acids is 1. The summed E-state index contributed by atoms with van der Waals surface area (Å²) in [4.78, 5) is 11.2. The molecular weight excluding hydrogens is 190 g/mol. The van der Waals surface area contributed by atoms with Crippen molar-refractivity contribution in [2.45, 2.75) is 46.0 Å². The SMILES string of the molecule is CCCCCC/C(C)=C(/C#N)C(=O)OC. The predicted molar refractivity (Wildman–Crippen MR) is 59.1 cm³/mol. The molecule has 0 N–H and O–H groups in total. The Morgan fingerprint density at radius 1 is 1.33 bits per heavy atom. The number of unbranched alkanes of at least 4 members (excludes halogenated alkanes) is 3. The number of ether oxygens (including phenoxy) is 1. The number of hydrogen-bond acceptors (Lipinski definition) is 3. The minimum Gasteiger partial charge on any atom is -0.465 e. The van der Waals surface area contributed by atoms with Crippen LogP contribution in [0.3, 0.4) is 0 Å². The van der Waals surface area contributed by atoms with Gasteiger partial charge in [-0.3, -0.25) is 0 Å². The summed E-state index contributed by atoms with van der Waals surface area (Å²) in [6.07, 6.45) is 5.37. The number of rotatable bonds is 6. The molecule has 3 heteroatoms. The average molecular weight is 209 g/mol. The monoisotopic (exact) mass is 209 g/mol. The maximum Gasteiger partial charge on any atom is 0.348 e. The van der Waals surface area contributed by atoms with Crippen molar-refractivity contribution in [3.63, 3.8) is 0 Å². The second kappa shape index (κ2) is 8.05. The number of nitriles is 1. The first kappa shape index (κ1) is 13.7. The smallest absolute Gasteiger partial charge is 0.348 e. The number of methoxy groups -OCH3 is 1. The van der Waals surface area contributed by atoms with Gasteiger partial charge in [-0.25, -0.2) is 4.79 Å². The van der Waals surface area contributed by atoms with E-state index in [1.807, 2.05) is 13.0 Å². The fraction of sp³-hybridized carbons (Fsp3) is 0.667. The van der Waals surface area contributed by atoms with Crippen molar-refractivity contribution < 1.29 is 9.53 Å². The van der Waals surface area contributed by atoms with Gasteiger partial charge in [0.15, 0.2) is 0 Å². The molecule has 0 aromatic heterocycles. The van der Waals surface area contributed by atoms with Gasteiger partial charge in [0, 0.05) is 0 Å². The van der Waals surface area contributed by atoms with Gasteiger partial charge >= 0.3 is 5.97 Å². The minimum absolute atomic E-state index is 0.161. The maximum atomic E-state index is 11.2. The van der Waals surface area contributed by atoms with Crippen LogP contribution < -0.4 is 0 Å². The van der Waals surface area contributed by atoms with Gasteiger partial charge in [-0.2, -0.15) is 5.26 Å². The van der Waals surface area contributed by atoms with Crippen LogP contribution in [0.2, 0.25) is 0 Å². The summed E-state index contributed by atoms with van der Waals surface area (Å²) in [5.74, 6) is -0.523. The molecule has 0 atom stereocenters. The highest BCUT2D eigenvalue weighted by atomic mass is 16.5. The van der Waals surface area contributed by atoms with Crippen molar-refractivity contribution in [2.75, 3.05) is 7.11 Å². The third-order valence-corrected chi connectivity index (χ3v) is 2.33. The Bertz CT molecular complexity index is 274. The lowest BCUT2D eigenvalue weighted by molar-refractivity contribution is -0.135. The molecule has 0 rings (SSSR count). The third kappa shape index (κ3) is 5.21. The molecule has 84 valence electrons. The van der Waals surface area contributed by atoms with Crippen LogP contribution in [-0.2, 0) is 9.53 Å². The van der Waals surface area contributed by atoms with Crippen LogP contribution in [0.4, 0.5) is 0 Å². The molecule has 0 radical (unpaired) electrons. The Kier molecular flexibility index (Phi) is 7.35. The lowest BCUT2D eigenvalue weighted by atomic mass is 10.0. The van der Waals surface area contributed by atoms with Crippen LogP contribution >= 0.6 is 0 Å². The van der Waals surface area contributed by atoms with Crippen LogP contribution in [0.15, 0.2) is 11.1 Å². The molecular formula is C12H19NO2. The maximum absolute atomic E-state index is 11.2. The van der Waals surface area contributed by atoms with Crippen LogP contribution in [0, 0.1) is 11.3 Å². The van der Waals surface area contributed by atoms with Crippen LogP contribution in [-0.4, -0.2) is 13.1 Å². The summed E-state index contributed by atoms with van der Waals surface area (Å²) in [7, 11) is 1.30. The molecule has 0 heterocycles. The number of esters is 1. The summed E-state index contributed by atoms with van der Waals surface area (Å²) in [5, 5.41) is 8.79. The van der Waals surface area contributed by atoms with Crippen molar-refractivity contribution in [1.82, 2.24) is 0 Å². The zero-order valence-corrected chi connectivity index (χ0v) is 9.80. The van der Waals surface area contributed by atoms with E-state index < -0.39 is 5.97 Å². The molecule has 0 aliphatic rings. The van der Waals surface area contributed by atoms with Crippen LogP contribution in [0.1, 0.15) is 46.0 Å². The zero-order chi connectivity index (χ0) is 11.7. The van der Waals surface area contributed by atoms with E-state index in [2.05, 4.69) is 11.7 Å². The molecule has 0 aromatic rings. The molecule has 0 saturated heterocycles. The number of carbonyl (C=O) groups is 1. The summed E-state index contributed by atoms with van der Waals surface area (Å²) in [6, 6.07) is 1.90. The quantitative estimate of drug-likeness (QED) is 0.292. The van der Waals surface area contributed by atoms with E-state index in [0.29, 0.717) is 0 Å². The topological polar surface area (TPSA) is 50.1 Å². The molecule has 0 fully saturated rings. The summed E-state index contributed by atoms with van der Waals surface area (Å²) >= 11 is 0. The lowest BCUT2D eigenvalue weighted by Crippen LogP contribution is -2.05. The molecule has 0 unspecified atom stereocenters. The van der Waals surface area contributed by atoms with E-state index in [1.165, 1.54) is 20.0 Å². The first-order valence-electron chi connectivity index (χ1n) is 5.35. The molecule has 15 heavy (non-hydrogen) atoms. The van der Waals surface area contributed by atoms with E-state index in [-0.39, 0.29) is 5.57 Å². The fourth-order valence-electron chi connectivity index (χ4n) is 1.36. The summed E-state index contributed by atoms with van der Waals surface area (Å²) < 4.78 is 4.53. The number of hydrogen-bond donors (Lipinski definition) is 0. The van der Waals surface area contributed by atoms with E-state index in [9.17, 15) is 4.79 Å². The molecule has 0 amide bonds. The van der Waals surface area contributed by atoms with Crippen molar-refractivity contribution >= 4 is 5.97 Å². The second-order valence-corrected chi connectivity index (χ2v) is 3.57. The van der Waals surface area contributed by atoms with Gasteiger partial charge in [-0.05, 0) is 25.3 Å². The highest BCUT2D eigenvalue weighted by molar-refractivity contribution is 5.93. The largest absolute Gasteiger partial charge is 0.465 e. The molecule has 0 saturated carbocycles.